The number of nitrogens with zero attached hydrogens (tertiary/aromatic N) is 3. The van der Waals surface area contributed by atoms with Crippen LogP contribution < -0.4 is 0 Å². The second-order valence-electron chi connectivity index (χ2n) is 5.20. The summed E-state index contributed by atoms with van der Waals surface area (Å²) in [6.45, 7) is 1.91. The molecule has 0 radical (unpaired) electrons. The lowest BCUT2D eigenvalue weighted by Crippen LogP contribution is -1.96. The molecule has 2 aromatic heterocycles. The summed E-state index contributed by atoms with van der Waals surface area (Å²) in [5, 5.41) is 12.9. The number of hydrogen-bond donors (Lipinski definition) is 1. The van der Waals surface area contributed by atoms with Crippen LogP contribution in [-0.4, -0.2) is 20.1 Å². The number of hydrogen-bond acceptors (Lipinski definition) is 5. The lowest BCUT2D eigenvalue weighted by Gasteiger charge is -2.02. The van der Waals surface area contributed by atoms with Crippen LogP contribution in [0.5, 0.6) is 0 Å². The molecule has 0 amide bonds. The Kier molecular flexibility index (Phi) is 4.78. The van der Waals surface area contributed by atoms with E-state index in [9.17, 15) is 5.11 Å². The number of benzene rings is 1. The third-order valence-corrected chi connectivity index (χ3v) is 4.20. The highest BCUT2D eigenvalue weighted by molar-refractivity contribution is 7.09. The van der Waals surface area contributed by atoms with E-state index in [-0.39, 0.29) is 5.76 Å². The maximum atomic E-state index is 10.1. The molecular formula is C18H17N3OS. The summed E-state index contributed by atoms with van der Waals surface area (Å²) < 4.78 is 0. The van der Waals surface area contributed by atoms with Crippen LogP contribution in [0.1, 0.15) is 27.7 Å². The van der Waals surface area contributed by atoms with Gasteiger partial charge in [-0.25, -0.2) is 15.0 Å². The predicted octanol–water partition coefficient (Wildman–Crippen LogP) is 4.08. The van der Waals surface area contributed by atoms with Gasteiger partial charge in [0.05, 0.1) is 10.7 Å². The van der Waals surface area contributed by atoms with E-state index >= 15 is 0 Å². The van der Waals surface area contributed by atoms with Crippen molar-refractivity contribution in [2.24, 2.45) is 0 Å². The fourth-order valence-electron chi connectivity index (χ4n) is 2.24. The van der Waals surface area contributed by atoms with Crippen molar-refractivity contribution >= 4 is 23.2 Å². The van der Waals surface area contributed by atoms with E-state index in [1.54, 1.807) is 6.08 Å². The van der Waals surface area contributed by atoms with Crippen LogP contribution >= 0.6 is 11.3 Å². The van der Waals surface area contributed by atoms with E-state index in [1.807, 2.05) is 36.6 Å². The number of aryl methyl sites for hydroxylation is 3. The molecule has 0 aliphatic rings. The van der Waals surface area contributed by atoms with Gasteiger partial charge >= 0.3 is 0 Å². The Morgan fingerprint density at radius 2 is 2.00 bits per heavy atom. The van der Waals surface area contributed by atoms with Gasteiger partial charge in [-0.05, 0) is 31.4 Å². The molecule has 4 nitrogen and oxygen atoms in total. The summed E-state index contributed by atoms with van der Waals surface area (Å²) in [4.78, 5) is 12.8. The maximum absolute atomic E-state index is 10.1. The van der Waals surface area contributed by atoms with E-state index in [1.165, 1.54) is 23.2 Å². The van der Waals surface area contributed by atoms with Crippen LogP contribution in [0.2, 0.25) is 0 Å². The molecule has 0 atom stereocenters. The van der Waals surface area contributed by atoms with Crippen molar-refractivity contribution in [2.45, 2.75) is 19.8 Å². The third kappa shape index (κ3) is 4.23. The summed E-state index contributed by atoms with van der Waals surface area (Å²) in [7, 11) is 0. The van der Waals surface area contributed by atoms with Crippen LogP contribution in [-0.2, 0) is 12.8 Å². The molecule has 0 aliphatic heterocycles. The molecule has 3 rings (SSSR count). The van der Waals surface area contributed by atoms with E-state index < -0.39 is 0 Å². The summed E-state index contributed by atoms with van der Waals surface area (Å²) in [6.07, 6.45) is 4.93. The highest BCUT2D eigenvalue weighted by Gasteiger charge is 2.05. The molecule has 1 aromatic carbocycles. The summed E-state index contributed by atoms with van der Waals surface area (Å²) >= 11 is 1.51. The molecule has 5 heteroatoms. The van der Waals surface area contributed by atoms with Crippen molar-refractivity contribution in [3.8, 4) is 0 Å². The fraction of sp³-hybridized carbons (Fsp3) is 0.167. The van der Waals surface area contributed by atoms with Gasteiger partial charge in [-0.3, -0.25) is 0 Å². The largest absolute Gasteiger partial charge is 0.506 e. The number of thiazole rings is 1. The zero-order valence-corrected chi connectivity index (χ0v) is 13.6. The Morgan fingerprint density at radius 1 is 1.17 bits per heavy atom. The van der Waals surface area contributed by atoms with Crippen molar-refractivity contribution in [1.82, 2.24) is 15.0 Å². The molecule has 0 spiro atoms. The van der Waals surface area contributed by atoms with Gasteiger partial charge in [0.1, 0.15) is 17.8 Å². The van der Waals surface area contributed by atoms with Gasteiger partial charge in [0.25, 0.3) is 0 Å². The van der Waals surface area contributed by atoms with Gasteiger partial charge in [0.15, 0.2) is 0 Å². The first kappa shape index (κ1) is 15.4. The number of aliphatic hydroxyl groups excluding tert-OH is 1. The summed E-state index contributed by atoms with van der Waals surface area (Å²) in [5.41, 5.74) is 3.50. The first-order valence-corrected chi connectivity index (χ1v) is 8.27. The lowest BCUT2D eigenvalue weighted by atomic mass is 10.1. The monoisotopic (exact) mass is 323 g/mol. The predicted molar refractivity (Wildman–Crippen MR) is 93.2 cm³/mol. The quantitative estimate of drug-likeness (QED) is 0.719. The Bertz CT molecular complexity index is 812. The molecule has 23 heavy (non-hydrogen) atoms. The molecule has 0 fully saturated rings. The van der Waals surface area contributed by atoms with E-state index in [4.69, 9.17) is 0 Å². The first-order valence-electron chi connectivity index (χ1n) is 7.39. The summed E-state index contributed by atoms with van der Waals surface area (Å²) in [6, 6.07) is 12.2. The molecule has 0 aliphatic carbocycles. The first-order chi connectivity index (χ1) is 11.2. The van der Waals surface area contributed by atoms with Gasteiger partial charge in [-0.15, -0.1) is 11.3 Å². The third-order valence-electron chi connectivity index (χ3n) is 3.42. The molecule has 2 heterocycles. The molecular weight excluding hydrogens is 306 g/mol. The standard InChI is InChI=1S/C18H17N3OS/c1-13-21-17(11-23-13)18(22)10-16-9-15(19-12-20-16)8-7-14-5-3-2-4-6-14/h2-6,9-12,22H,7-8H2,1H3/b18-10-. The minimum Gasteiger partial charge on any atom is -0.506 e. The second kappa shape index (κ2) is 7.15. The average Bonchev–Trinajstić information content (AvgIpc) is 3.01. The Labute approximate surface area is 139 Å². The molecule has 116 valence electrons. The zero-order chi connectivity index (χ0) is 16.1. The molecule has 0 bridgehead atoms. The molecule has 0 saturated carbocycles. The van der Waals surface area contributed by atoms with E-state index in [2.05, 4.69) is 27.1 Å². The van der Waals surface area contributed by atoms with Crippen molar-refractivity contribution in [3.05, 3.63) is 75.8 Å². The van der Waals surface area contributed by atoms with Crippen molar-refractivity contribution in [2.75, 3.05) is 0 Å². The van der Waals surface area contributed by atoms with Crippen molar-refractivity contribution < 1.29 is 5.11 Å². The summed E-state index contributed by atoms with van der Waals surface area (Å²) in [5.74, 6) is 0.127. The minimum atomic E-state index is 0.127. The van der Waals surface area contributed by atoms with Crippen LogP contribution in [0.4, 0.5) is 0 Å². The second-order valence-corrected chi connectivity index (χ2v) is 6.26. The Balaban J connectivity index is 1.72. The zero-order valence-electron chi connectivity index (χ0n) is 12.8. The van der Waals surface area contributed by atoms with E-state index in [0.717, 1.165) is 23.5 Å². The number of rotatable bonds is 5. The van der Waals surface area contributed by atoms with Crippen LogP contribution in [0.15, 0.2) is 48.1 Å². The molecule has 3 aromatic rings. The highest BCUT2D eigenvalue weighted by atomic mass is 32.1. The normalized spacial score (nSPS) is 11.6. The molecule has 0 unspecified atom stereocenters. The van der Waals surface area contributed by atoms with Gasteiger partial charge in [-0.2, -0.15) is 0 Å². The van der Waals surface area contributed by atoms with E-state index in [0.29, 0.717) is 11.4 Å². The van der Waals surface area contributed by atoms with Gasteiger partial charge in [-0.1, -0.05) is 30.3 Å². The number of aliphatic hydroxyl groups is 1. The smallest absolute Gasteiger partial charge is 0.144 e. The van der Waals surface area contributed by atoms with Crippen LogP contribution in [0.3, 0.4) is 0 Å². The highest BCUT2D eigenvalue weighted by Crippen LogP contribution is 2.17. The topological polar surface area (TPSA) is 58.9 Å². The van der Waals surface area contributed by atoms with Gasteiger partial charge < -0.3 is 5.11 Å². The fourth-order valence-corrected chi connectivity index (χ4v) is 2.85. The van der Waals surface area contributed by atoms with Gasteiger partial charge in [0.2, 0.25) is 0 Å². The molecule has 0 saturated heterocycles. The SMILES string of the molecule is Cc1nc(/C(O)=C/c2cc(CCc3ccccc3)ncn2)cs1. The lowest BCUT2D eigenvalue weighted by molar-refractivity contribution is 0.512. The van der Waals surface area contributed by atoms with Crippen molar-refractivity contribution in [1.29, 1.82) is 0 Å². The van der Waals surface area contributed by atoms with Crippen LogP contribution in [0, 0.1) is 6.92 Å². The Hall–Kier alpha value is -2.53. The van der Waals surface area contributed by atoms with Crippen LogP contribution in [0.25, 0.3) is 11.8 Å². The maximum Gasteiger partial charge on any atom is 0.144 e. The van der Waals surface area contributed by atoms with Gasteiger partial charge in [0, 0.05) is 17.2 Å². The molecule has 1 N–H and O–H groups in total. The minimum absolute atomic E-state index is 0.127. The Morgan fingerprint density at radius 3 is 2.74 bits per heavy atom. The number of aromatic nitrogens is 3. The average molecular weight is 323 g/mol. The van der Waals surface area contributed by atoms with Crippen molar-refractivity contribution in [3.63, 3.8) is 0 Å².